The highest BCUT2D eigenvalue weighted by atomic mass is 35.5. The molecule has 1 aliphatic heterocycles. The van der Waals surface area contributed by atoms with Gasteiger partial charge < -0.3 is 14.9 Å². The summed E-state index contributed by atoms with van der Waals surface area (Å²) in [6.07, 6.45) is 5.54. The van der Waals surface area contributed by atoms with Crippen LogP contribution in [0.4, 0.5) is 0 Å². The smallest absolute Gasteiger partial charge is 0.173 e. The molecule has 5 nitrogen and oxygen atoms in total. The number of Topliss-reactive ketones (excluding diaryl/α,β-unsaturated/α-hetero) is 1. The first-order valence-electron chi connectivity index (χ1n) is 8.63. The zero-order valence-electron chi connectivity index (χ0n) is 14.2. The van der Waals surface area contributed by atoms with Gasteiger partial charge in [0, 0.05) is 24.4 Å². The van der Waals surface area contributed by atoms with Gasteiger partial charge in [-0.1, -0.05) is 41.9 Å². The summed E-state index contributed by atoms with van der Waals surface area (Å²) in [6.45, 7) is 3.15. The molecule has 0 radical (unpaired) electrons. The molecule has 1 atom stereocenters. The first kappa shape index (κ1) is 19.6. The van der Waals surface area contributed by atoms with Crippen molar-refractivity contribution in [2.24, 2.45) is 5.92 Å². The lowest BCUT2D eigenvalue weighted by Gasteiger charge is -2.31. The number of benzene rings is 1. The van der Waals surface area contributed by atoms with Gasteiger partial charge in [-0.05, 0) is 32.4 Å². The van der Waals surface area contributed by atoms with Crippen molar-refractivity contribution in [2.45, 2.75) is 32.1 Å². The first-order valence-corrected chi connectivity index (χ1v) is 8.63. The van der Waals surface area contributed by atoms with Crippen molar-refractivity contribution in [3.8, 4) is 11.3 Å². The van der Waals surface area contributed by atoms with E-state index in [0.717, 1.165) is 49.4 Å². The van der Waals surface area contributed by atoms with Gasteiger partial charge in [0.05, 0.1) is 5.56 Å². The van der Waals surface area contributed by atoms with Gasteiger partial charge >= 0.3 is 0 Å². The molecule has 4 rings (SSSR count). The molecule has 1 saturated heterocycles. The lowest BCUT2D eigenvalue weighted by atomic mass is 9.84. The molecular formula is C19H25ClN2O3. The number of likely N-dealkylation sites (tertiary alicyclic amines) is 1. The van der Waals surface area contributed by atoms with Crippen LogP contribution in [-0.4, -0.2) is 41.0 Å². The fourth-order valence-electron chi connectivity index (χ4n) is 3.81. The summed E-state index contributed by atoms with van der Waals surface area (Å²) >= 11 is 0. The predicted octanol–water partition coefficient (Wildman–Crippen LogP) is 3.17. The van der Waals surface area contributed by atoms with E-state index in [2.05, 4.69) is 10.1 Å². The van der Waals surface area contributed by atoms with Crippen molar-refractivity contribution in [3.05, 3.63) is 41.7 Å². The molecule has 1 aromatic heterocycles. The van der Waals surface area contributed by atoms with Crippen LogP contribution in [0.25, 0.3) is 11.3 Å². The third-order valence-corrected chi connectivity index (χ3v) is 5.07. The number of nitrogens with zero attached hydrogens (tertiary/aromatic N) is 2. The number of carbonyl (C=O) groups is 1. The predicted molar refractivity (Wildman–Crippen MR) is 99.2 cm³/mol. The Bertz CT molecular complexity index is 696. The first-order chi connectivity index (χ1) is 11.3. The van der Waals surface area contributed by atoms with E-state index in [1.807, 2.05) is 30.3 Å². The Hall–Kier alpha value is -1.69. The topological polar surface area (TPSA) is 77.8 Å². The highest BCUT2D eigenvalue weighted by Gasteiger charge is 2.35. The van der Waals surface area contributed by atoms with Crippen LogP contribution in [-0.2, 0) is 6.42 Å². The molecule has 0 spiro atoms. The average Bonchev–Trinajstić information content (AvgIpc) is 3.04. The van der Waals surface area contributed by atoms with Crippen LogP contribution in [0, 0.1) is 5.92 Å². The average molecular weight is 365 g/mol. The summed E-state index contributed by atoms with van der Waals surface area (Å²) in [4.78, 5) is 15.5. The number of carbonyl (C=O) groups excluding carboxylic acids is 1. The van der Waals surface area contributed by atoms with Crippen LogP contribution < -0.4 is 0 Å². The van der Waals surface area contributed by atoms with Crippen LogP contribution in [0.1, 0.15) is 41.8 Å². The molecule has 2 heterocycles. The second-order valence-electron chi connectivity index (χ2n) is 6.66. The van der Waals surface area contributed by atoms with Crippen LogP contribution in [0.2, 0.25) is 0 Å². The van der Waals surface area contributed by atoms with E-state index in [-0.39, 0.29) is 29.6 Å². The summed E-state index contributed by atoms with van der Waals surface area (Å²) in [7, 11) is 0. The van der Waals surface area contributed by atoms with Gasteiger partial charge in [0.1, 0.15) is 11.5 Å². The SMILES string of the molecule is Cl.O.O=C1c2c(-c3ccccc3)noc2CCC1CN1CCCCC1. The van der Waals surface area contributed by atoms with Crippen LogP contribution >= 0.6 is 12.4 Å². The Kier molecular flexibility index (Phi) is 6.76. The molecular weight excluding hydrogens is 340 g/mol. The quantitative estimate of drug-likeness (QED) is 0.838. The number of ketones is 1. The molecule has 6 heteroatoms. The summed E-state index contributed by atoms with van der Waals surface area (Å²) in [5, 5.41) is 4.19. The fraction of sp³-hybridized carbons (Fsp3) is 0.474. The number of aryl methyl sites for hydroxylation is 1. The molecule has 136 valence electrons. The van der Waals surface area contributed by atoms with Crippen LogP contribution in [0.5, 0.6) is 0 Å². The van der Waals surface area contributed by atoms with E-state index in [1.54, 1.807) is 0 Å². The fourth-order valence-corrected chi connectivity index (χ4v) is 3.81. The Morgan fingerprint density at radius 2 is 1.84 bits per heavy atom. The van der Waals surface area contributed by atoms with Crippen molar-refractivity contribution in [2.75, 3.05) is 19.6 Å². The molecule has 1 unspecified atom stereocenters. The summed E-state index contributed by atoms with van der Waals surface area (Å²) in [6, 6.07) is 9.88. The van der Waals surface area contributed by atoms with Gasteiger partial charge in [0.15, 0.2) is 5.78 Å². The summed E-state index contributed by atoms with van der Waals surface area (Å²) in [5.41, 5.74) is 2.41. The lowest BCUT2D eigenvalue weighted by Crippen LogP contribution is -2.38. The molecule has 2 N–H and O–H groups in total. The van der Waals surface area contributed by atoms with Gasteiger partial charge in [0.2, 0.25) is 0 Å². The minimum atomic E-state index is 0. The minimum absolute atomic E-state index is 0. The minimum Gasteiger partial charge on any atom is -0.412 e. The number of aromatic nitrogens is 1. The summed E-state index contributed by atoms with van der Waals surface area (Å²) < 4.78 is 5.47. The number of fused-ring (bicyclic) bond motifs is 1. The number of hydrogen-bond acceptors (Lipinski definition) is 4. The van der Waals surface area contributed by atoms with Crippen molar-refractivity contribution in [1.29, 1.82) is 0 Å². The second kappa shape index (κ2) is 8.61. The number of halogens is 1. The van der Waals surface area contributed by atoms with Gasteiger partial charge in [-0.3, -0.25) is 4.79 Å². The van der Waals surface area contributed by atoms with Gasteiger partial charge in [-0.25, -0.2) is 0 Å². The maximum absolute atomic E-state index is 13.0. The van der Waals surface area contributed by atoms with E-state index in [1.165, 1.54) is 19.3 Å². The normalized spacial score (nSPS) is 20.3. The van der Waals surface area contributed by atoms with E-state index < -0.39 is 0 Å². The van der Waals surface area contributed by atoms with Crippen molar-refractivity contribution in [1.82, 2.24) is 10.1 Å². The summed E-state index contributed by atoms with van der Waals surface area (Å²) in [5.74, 6) is 1.07. The largest absolute Gasteiger partial charge is 0.412 e. The second-order valence-corrected chi connectivity index (χ2v) is 6.66. The molecule has 1 aromatic carbocycles. The van der Waals surface area contributed by atoms with Gasteiger partial charge in [-0.15, -0.1) is 12.4 Å². The highest BCUT2D eigenvalue weighted by molar-refractivity contribution is 6.04. The Morgan fingerprint density at radius 3 is 2.56 bits per heavy atom. The third kappa shape index (κ3) is 3.94. The Labute approximate surface area is 154 Å². The van der Waals surface area contributed by atoms with E-state index in [9.17, 15) is 4.79 Å². The van der Waals surface area contributed by atoms with Crippen molar-refractivity contribution >= 4 is 18.2 Å². The Morgan fingerprint density at radius 1 is 1.12 bits per heavy atom. The highest BCUT2D eigenvalue weighted by Crippen LogP contribution is 2.34. The molecule has 2 aromatic rings. The lowest BCUT2D eigenvalue weighted by molar-refractivity contribution is 0.0840. The maximum atomic E-state index is 13.0. The monoisotopic (exact) mass is 364 g/mol. The molecule has 25 heavy (non-hydrogen) atoms. The third-order valence-electron chi connectivity index (χ3n) is 5.07. The van der Waals surface area contributed by atoms with E-state index in [4.69, 9.17) is 4.52 Å². The molecule has 1 aliphatic carbocycles. The number of piperidine rings is 1. The molecule has 1 fully saturated rings. The van der Waals surface area contributed by atoms with E-state index >= 15 is 0 Å². The maximum Gasteiger partial charge on any atom is 0.173 e. The molecule has 0 amide bonds. The van der Waals surface area contributed by atoms with Crippen molar-refractivity contribution < 1.29 is 14.8 Å². The van der Waals surface area contributed by atoms with Crippen LogP contribution in [0.15, 0.2) is 34.9 Å². The Balaban J connectivity index is 0.00000113. The zero-order valence-corrected chi connectivity index (χ0v) is 15.1. The molecule has 0 saturated carbocycles. The van der Waals surface area contributed by atoms with Gasteiger partial charge in [0.25, 0.3) is 0 Å². The molecule has 0 bridgehead atoms. The number of rotatable bonds is 3. The van der Waals surface area contributed by atoms with Crippen molar-refractivity contribution in [3.63, 3.8) is 0 Å². The van der Waals surface area contributed by atoms with Crippen LogP contribution in [0.3, 0.4) is 0 Å². The molecule has 2 aliphatic rings. The number of hydrogen-bond donors (Lipinski definition) is 0. The standard InChI is InChI=1S/C19H22N2O2.ClH.H2O/c22-19-15(13-21-11-5-2-6-12-21)9-10-16-17(19)18(20-23-16)14-7-3-1-4-8-14;;/h1,3-4,7-8,15H,2,5-6,9-13H2;1H;1H2. The van der Waals surface area contributed by atoms with E-state index in [0.29, 0.717) is 5.69 Å². The van der Waals surface area contributed by atoms with Gasteiger partial charge in [-0.2, -0.15) is 0 Å². The zero-order chi connectivity index (χ0) is 15.6.